The van der Waals surface area contributed by atoms with Crippen LogP contribution in [0.25, 0.3) is 6.08 Å². The lowest BCUT2D eigenvalue weighted by atomic mass is 10.1. The van der Waals surface area contributed by atoms with Gasteiger partial charge in [-0.1, -0.05) is 0 Å². The van der Waals surface area contributed by atoms with Crippen LogP contribution in [0.5, 0.6) is 0 Å². The van der Waals surface area contributed by atoms with E-state index in [-0.39, 0.29) is 11.3 Å². The van der Waals surface area contributed by atoms with Crippen LogP contribution >= 0.6 is 0 Å². The number of aliphatic carboxylic acids is 1. The van der Waals surface area contributed by atoms with Crippen LogP contribution in [0.3, 0.4) is 0 Å². The van der Waals surface area contributed by atoms with Crippen LogP contribution in [0.15, 0.2) is 18.2 Å². The molecule has 1 fully saturated rings. The average molecular weight is 269 g/mol. The Morgan fingerprint density at radius 1 is 1.26 bits per heavy atom. The summed E-state index contributed by atoms with van der Waals surface area (Å²) in [5.41, 5.74) is 0.0881. The standard InChI is InChI=1S/C13H13F2NO3/c14-10-7-9(1-2-12(17)18)8-11(15)13(10)16-3-5-19-6-4-16/h1-2,7-8H,3-6H2,(H,17,18). The molecule has 6 heteroatoms. The third kappa shape index (κ3) is 3.29. The van der Waals surface area contributed by atoms with Crippen molar-refractivity contribution in [1.82, 2.24) is 0 Å². The van der Waals surface area contributed by atoms with E-state index < -0.39 is 17.6 Å². The first-order chi connectivity index (χ1) is 9.08. The smallest absolute Gasteiger partial charge is 0.328 e. The maximum Gasteiger partial charge on any atom is 0.328 e. The Bertz CT molecular complexity index is 488. The van der Waals surface area contributed by atoms with Crippen LogP contribution in [0.4, 0.5) is 14.5 Å². The summed E-state index contributed by atoms with van der Waals surface area (Å²) in [5, 5.41) is 8.48. The van der Waals surface area contributed by atoms with Crippen molar-refractivity contribution in [2.45, 2.75) is 0 Å². The minimum Gasteiger partial charge on any atom is -0.478 e. The quantitative estimate of drug-likeness (QED) is 0.851. The third-order valence-electron chi connectivity index (χ3n) is 2.78. The number of ether oxygens (including phenoxy) is 1. The van der Waals surface area contributed by atoms with Gasteiger partial charge in [-0.25, -0.2) is 13.6 Å². The van der Waals surface area contributed by atoms with E-state index in [1.807, 2.05) is 0 Å². The first-order valence-corrected chi connectivity index (χ1v) is 5.80. The molecule has 1 aliphatic heterocycles. The molecular weight excluding hydrogens is 256 g/mol. The normalized spacial score (nSPS) is 16.0. The number of nitrogens with zero attached hydrogens (tertiary/aromatic N) is 1. The lowest BCUT2D eigenvalue weighted by molar-refractivity contribution is -0.131. The maximum absolute atomic E-state index is 13.9. The minimum absolute atomic E-state index is 0.0872. The largest absolute Gasteiger partial charge is 0.478 e. The molecule has 0 bridgehead atoms. The number of carboxylic acid groups (broad SMARTS) is 1. The highest BCUT2D eigenvalue weighted by Crippen LogP contribution is 2.26. The molecule has 0 aliphatic carbocycles. The van der Waals surface area contributed by atoms with E-state index in [1.165, 1.54) is 0 Å². The summed E-state index contributed by atoms with van der Waals surface area (Å²) in [6.45, 7) is 1.72. The molecule has 102 valence electrons. The Kier molecular flexibility index (Phi) is 4.11. The van der Waals surface area contributed by atoms with Gasteiger partial charge in [0.15, 0.2) is 0 Å². The van der Waals surface area contributed by atoms with Crippen molar-refractivity contribution in [3.8, 4) is 0 Å². The van der Waals surface area contributed by atoms with Crippen LogP contribution in [0.2, 0.25) is 0 Å². The summed E-state index contributed by atoms with van der Waals surface area (Å²) in [6.07, 6.45) is 1.99. The van der Waals surface area contributed by atoms with E-state index in [1.54, 1.807) is 4.90 Å². The zero-order valence-electron chi connectivity index (χ0n) is 10.1. The van der Waals surface area contributed by atoms with Crippen molar-refractivity contribution in [3.05, 3.63) is 35.4 Å². The van der Waals surface area contributed by atoms with E-state index in [0.717, 1.165) is 24.3 Å². The predicted octanol–water partition coefficient (Wildman–Crippen LogP) is 1.90. The van der Waals surface area contributed by atoms with Gasteiger partial charge in [0.25, 0.3) is 0 Å². The van der Waals surface area contributed by atoms with Crippen molar-refractivity contribution in [2.75, 3.05) is 31.2 Å². The highest BCUT2D eigenvalue weighted by Gasteiger charge is 2.19. The van der Waals surface area contributed by atoms with E-state index in [0.29, 0.717) is 26.3 Å². The topological polar surface area (TPSA) is 49.8 Å². The zero-order chi connectivity index (χ0) is 13.8. The fraction of sp³-hybridized carbons (Fsp3) is 0.308. The van der Waals surface area contributed by atoms with Gasteiger partial charge >= 0.3 is 5.97 Å². The molecule has 1 aromatic rings. The second-order valence-corrected chi connectivity index (χ2v) is 4.10. The highest BCUT2D eigenvalue weighted by atomic mass is 19.1. The van der Waals surface area contributed by atoms with Gasteiger partial charge in [-0.05, 0) is 23.8 Å². The first-order valence-electron chi connectivity index (χ1n) is 5.80. The maximum atomic E-state index is 13.9. The lowest BCUT2D eigenvalue weighted by Crippen LogP contribution is -2.37. The third-order valence-corrected chi connectivity index (χ3v) is 2.78. The average Bonchev–Trinajstić information content (AvgIpc) is 2.37. The molecule has 0 spiro atoms. The van der Waals surface area contributed by atoms with Gasteiger partial charge in [0.05, 0.1) is 13.2 Å². The molecular formula is C13H13F2NO3. The Morgan fingerprint density at radius 3 is 2.37 bits per heavy atom. The fourth-order valence-electron chi connectivity index (χ4n) is 1.94. The highest BCUT2D eigenvalue weighted by molar-refractivity contribution is 5.85. The number of rotatable bonds is 3. The SMILES string of the molecule is O=C(O)C=Cc1cc(F)c(N2CCOCC2)c(F)c1. The fourth-order valence-corrected chi connectivity index (χ4v) is 1.94. The Morgan fingerprint density at radius 2 is 1.84 bits per heavy atom. The van der Waals surface area contributed by atoms with Crippen LogP contribution in [0.1, 0.15) is 5.56 Å². The summed E-state index contributed by atoms with van der Waals surface area (Å²) in [5.74, 6) is -2.57. The Labute approximate surface area is 108 Å². The van der Waals surface area contributed by atoms with Crippen molar-refractivity contribution >= 4 is 17.7 Å². The first kappa shape index (κ1) is 13.5. The number of halogens is 2. The van der Waals surface area contributed by atoms with Gasteiger partial charge < -0.3 is 14.7 Å². The Hall–Kier alpha value is -1.95. The van der Waals surface area contributed by atoms with Crippen LogP contribution in [0, 0.1) is 11.6 Å². The number of carbonyl (C=O) groups is 1. The predicted molar refractivity (Wildman–Crippen MR) is 66.1 cm³/mol. The second kappa shape index (κ2) is 5.79. The molecule has 1 saturated heterocycles. The zero-order valence-corrected chi connectivity index (χ0v) is 10.1. The molecule has 1 aliphatic rings. The summed E-state index contributed by atoms with van der Waals surface area (Å²) >= 11 is 0. The summed E-state index contributed by atoms with van der Waals surface area (Å²) in [7, 11) is 0. The number of anilines is 1. The minimum atomic E-state index is -1.17. The molecule has 0 saturated carbocycles. The number of carboxylic acids is 1. The molecule has 0 atom stereocenters. The molecule has 0 aromatic heterocycles. The number of benzene rings is 1. The lowest BCUT2D eigenvalue weighted by Gasteiger charge is -2.29. The monoisotopic (exact) mass is 269 g/mol. The van der Waals surface area contributed by atoms with E-state index in [2.05, 4.69) is 0 Å². The molecule has 1 N–H and O–H groups in total. The van der Waals surface area contributed by atoms with Crippen LogP contribution in [-0.4, -0.2) is 37.4 Å². The van der Waals surface area contributed by atoms with Gasteiger partial charge in [-0.15, -0.1) is 0 Å². The van der Waals surface area contributed by atoms with E-state index >= 15 is 0 Å². The molecule has 1 heterocycles. The van der Waals surface area contributed by atoms with Gasteiger partial charge in [0, 0.05) is 19.2 Å². The van der Waals surface area contributed by atoms with Crippen LogP contribution in [-0.2, 0) is 9.53 Å². The van der Waals surface area contributed by atoms with Gasteiger partial charge in [0.1, 0.15) is 17.3 Å². The molecule has 0 unspecified atom stereocenters. The van der Waals surface area contributed by atoms with E-state index in [4.69, 9.17) is 9.84 Å². The number of morpholine rings is 1. The Balaban J connectivity index is 2.28. The molecule has 0 radical (unpaired) electrons. The molecule has 19 heavy (non-hydrogen) atoms. The summed E-state index contributed by atoms with van der Waals surface area (Å²) in [6, 6.07) is 2.24. The van der Waals surface area contributed by atoms with Gasteiger partial charge in [-0.3, -0.25) is 0 Å². The molecule has 2 rings (SSSR count). The van der Waals surface area contributed by atoms with Crippen molar-refractivity contribution in [1.29, 1.82) is 0 Å². The van der Waals surface area contributed by atoms with Crippen molar-refractivity contribution < 1.29 is 23.4 Å². The second-order valence-electron chi connectivity index (χ2n) is 4.10. The number of hydrogen-bond acceptors (Lipinski definition) is 3. The van der Waals surface area contributed by atoms with Gasteiger partial charge in [0.2, 0.25) is 0 Å². The summed E-state index contributed by atoms with van der Waals surface area (Å²) < 4.78 is 33.0. The van der Waals surface area contributed by atoms with Crippen molar-refractivity contribution in [2.24, 2.45) is 0 Å². The number of hydrogen-bond donors (Lipinski definition) is 1. The summed E-state index contributed by atoms with van der Waals surface area (Å²) in [4.78, 5) is 11.9. The van der Waals surface area contributed by atoms with E-state index in [9.17, 15) is 13.6 Å². The van der Waals surface area contributed by atoms with Crippen LogP contribution < -0.4 is 4.90 Å². The molecule has 1 aromatic carbocycles. The molecule has 0 amide bonds. The van der Waals surface area contributed by atoms with Crippen molar-refractivity contribution in [3.63, 3.8) is 0 Å². The van der Waals surface area contributed by atoms with Gasteiger partial charge in [-0.2, -0.15) is 0 Å². The molecule has 4 nitrogen and oxygen atoms in total.